The molecule has 0 aliphatic carbocycles. The van der Waals surface area contributed by atoms with Gasteiger partial charge < -0.3 is 9.73 Å². The molecule has 5 heteroatoms. The third kappa shape index (κ3) is 2.30. The van der Waals surface area contributed by atoms with E-state index >= 15 is 0 Å². The van der Waals surface area contributed by atoms with Crippen LogP contribution in [0.15, 0.2) is 27.5 Å². The maximum Gasteiger partial charge on any atom is 0.280 e. The van der Waals surface area contributed by atoms with Gasteiger partial charge in [0.2, 0.25) is 5.88 Å². The van der Waals surface area contributed by atoms with Crippen LogP contribution in [0.25, 0.3) is 5.88 Å². The Morgan fingerprint density at radius 1 is 1.39 bits per heavy atom. The zero-order valence-electron chi connectivity index (χ0n) is 11.0. The summed E-state index contributed by atoms with van der Waals surface area (Å²) in [7, 11) is 0. The Kier molecular flexibility index (Phi) is 3.23. The zero-order valence-corrected chi connectivity index (χ0v) is 11.0. The van der Waals surface area contributed by atoms with Crippen LogP contribution in [0.3, 0.4) is 0 Å². The lowest BCUT2D eigenvalue weighted by Crippen LogP contribution is -2.24. The predicted octanol–water partition coefficient (Wildman–Crippen LogP) is 2.26. The Morgan fingerprint density at radius 3 is 2.67 bits per heavy atom. The molecular formula is C13H17N3O2. The third-order valence-electron chi connectivity index (χ3n) is 2.49. The van der Waals surface area contributed by atoms with E-state index < -0.39 is 0 Å². The number of rotatable bonds is 3. The van der Waals surface area contributed by atoms with Crippen molar-refractivity contribution >= 4 is 5.69 Å². The molecule has 0 atom stereocenters. The van der Waals surface area contributed by atoms with Gasteiger partial charge in [-0.3, -0.25) is 9.36 Å². The van der Waals surface area contributed by atoms with Gasteiger partial charge in [0.1, 0.15) is 11.4 Å². The van der Waals surface area contributed by atoms with Gasteiger partial charge in [-0.15, -0.1) is 0 Å². The molecule has 0 aliphatic rings. The molecule has 0 aliphatic heterocycles. The smallest absolute Gasteiger partial charge is 0.280 e. The SMILES string of the molecule is Cc1nc(C)c(-n2cccc(NC(C)C)c2=O)o1. The first-order chi connectivity index (χ1) is 8.49. The highest BCUT2D eigenvalue weighted by Crippen LogP contribution is 2.14. The summed E-state index contributed by atoms with van der Waals surface area (Å²) in [6.45, 7) is 7.56. The van der Waals surface area contributed by atoms with Crippen LogP contribution in [0.5, 0.6) is 0 Å². The molecular weight excluding hydrogens is 230 g/mol. The van der Waals surface area contributed by atoms with Crippen LogP contribution in [-0.4, -0.2) is 15.6 Å². The Bertz CT molecular complexity index is 611. The monoisotopic (exact) mass is 247 g/mol. The molecule has 5 nitrogen and oxygen atoms in total. The zero-order chi connectivity index (χ0) is 13.3. The highest BCUT2D eigenvalue weighted by atomic mass is 16.4. The van der Waals surface area contributed by atoms with Gasteiger partial charge in [-0.1, -0.05) is 0 Å². The first-order valence-electron chi connectivity index (χ1n) is 5.91. The van der Waals surface area contributed by atoms with Gasteiger partial charge in [-0.05, 0) is 32.9 Å². The van der Waals surface area contributed by atoms with E-state index in [0.29, 0.717) is 23.2 Å². The van der Waals surface area contributed by atoms with Crippen molar-refractivity contribution in [2.45, 2.75) is 33.7 Å². The average Bonchev–Trinajstić information content (AvgIpc) is 2.60. The molecule has 0 spiro atoms. The van der Waals surface area contributed by atoms with Crippen molar-refractivity contribution in [3.8, 4) is 5.88 Å². The quantitative estimate of drug-likeness (QED) is 0.903. The van der Waals surface area contributed by atoms with E-state index in [1.54, 1.807) is 19.2 Å². The average molecular weight is 247 g/mol. The fourth-order valence-electron chi connectivity index (χ4n) is 1.82. The number of oxazole rings is 1. The second-order valence-electron chi connectivity index (χ2n) is 4.52. The molecule has 0 fully saturated rings. The molecule has 0 saturated carbocycles. The molecule has 2 heterocycles. The van der Waals surface area contributed by atoms with Crippen molar-refractivity contribution in [1.29, 1.82) is 0 Å². The van der Waals surface area contributed by atoms with Crippen molar-refractivity contribution in [3.63, 3.8) is 0 Å². The Hall–Kier alpha value is -2.04. The summed E-state index contributed by atoms with van der Waals surface area (Å²) in [6, 6.07) is 3.77. The number of hydrogen-bond acceptors (Lipinski definition) is 4. The van der Waals surface area contributed by atoms with Crippen LogP contribution in [0, 0.1) is 13.8 Å². The first-order valence-corrected chi connectivity index (χ1v) is 5.91. The minimum Gasteiger partial charge on any atom is -0.424 e. The second-order valence-corrected chi connectivity index (χ2v) is 4.52. The van der Waals surface area contributed by atoms with Crippen LogP contribution in [0.2, 0.25) is 0 Å². The summed E-state index contributed by atoms with van der Waals surface area (Å²) >= 11 is 0. The number of pyridine rings is 1. The molecule has 0 saturated heterocycles. The fraction of sp³-hybridized carbons (Fsp3) is 0.385. The van der Waals surface area contributed by atoms with E-state index in [4.69, 9.17) is 4.42 Å². The molecule has 0 bridgehead atoms. The van der Waals surface area contributed by atoms with E-state index in [1.165, 1.54) is 4.57 Å². The minimum atomic E-state index is -0.134. The van der Waals surface area contributed by atoms with Crippen LogP contribution in [0.4, 0.5) is 5.69 Å². The summed E-state index contributed by atoms with van der Waals surface area (Å²) < 4.78 is 6.94. The van der Waals surface area contributed by atoms with Crippen LogP contribution < -0.4 is 10.9 Å². The number of nitrogens with zero attached hydrogens (tertiary/aromatic N) is 2. The van der Waals surface area contributed by atoms with Gasteiger partial charge in [-0.2, -0.15) is 0 Å². The van der Waals surface area contributed by atoms with Crippen molar-refractivity contribution in [2.24, 2.45) is 0 Å². The molecule has 0 amide bonds. The highest BCUT2D eigenvalue weighted by Gasteiger charge is 2.12. The molecule has 2 aromatic heterocycles. The number of nitrogens with one attached hydrogen (secondary N) is 1. The fourth-order valence-corrected chi connectivity index (χ4v) is 1.82. The number of hydrogen-bond donors (Lipinski definition) is 1. The molecule has 0 radical (unpaired) electrons. The maximum absolute atomic E-state index is 12.3. The summed E-state index contributed by atoms with van der Waals surface area (Å²) in [5.41, 5.74) is 1.13. The van der Waals surface area contributed by atoms with Gasteiger partial charge >= 0.3 is 0 Å². The summed E-state index contributed by atoms with van der Waals surface area (Å²) in [6.07, 6.45) is 1.68. The summed E-state index contributed by atoms with van der Waals surface area (Å²) in [4.78, 5) is 16.5. The molecule has 2 aromatic rings. The Labute approximate surface area is 105 Å². The van der Waals surface area contributed by atoms with Crippen LogP contribution >= 0.6 is 0 Å². The molecule has 2 rings (SSSR count). The third-order valence-corrected chi connectivity index (χ3v) is 2.49. The van der Waals surface area contributed by atoms with E-state index in [9.17, 15) is 4.79 Å². The molecule has 18 heavy (non-hydrogen) atoms. The summed E-state index contributed by atoms with van der Waals surface area (Å²) in [5, 5.41) is 3.11. The molecule has 1 N–H and O–H groups in total. The van der Waals surface area contributed by atoms with Gasteiger partial charge in [0.05, 0.1) is 0 Å². The van der Waals surface area contributed by atoms with E-state index in [0.717, 1.165) is 0 Å². The topological polar surface area (TPSA) is 60.1 Å². The van der Waals surface area contributed by atoms with Gasteiger partial charge in [0.15, 0.2) is 5.89 Å². The molecule has 0 unspecified atom stereocenters. The van der Waals surface area contributed by atoms with Gasteiger partial charge in [0.25, 0.3) is 5.56 Å². The van der Waals surface area contributed by atoms with E-state index in [2.05, 4.69) is 10.3 Å². The Balaban J connectivity index is 2.53. The first kappa shape index (κ1) is 12.4. The lowest BCUT2D eigenvalue weighted by molar-refractivity contribution is 0.496. The molecule has 96 valence electrons. The van der Waals surface area contributed by atoms with E-state index in [1.807, 2.05) is 26.8 Å². The standard InChI is InChI=1S/C13H17N3O2/c1-8(2)14-11-6-5-7-16(12(11)17)13-9(3)15-10(4)18-13/h5-8,14H,1-4H3. The van der Waals surface area contributed by atoms with Crippen LogP contribution in [0.1, 0.15) is 25.4 Å². The predicted molar refractivity (Wildman–Crippen MR) is 70.3 cm³/mol. The Morgan fingerprint density at radius 2 is 2.11 bits per heavy atom. The van der Waals surface area contributed by atoms with Gasteiger partial charge in [-0.25, -0.2) is 4.98 Å². The van der Waals surface area contributed by atoms with Crippen molar-refractivity contribution in [2.75, 3.05) is 5.32 Å². The van der Waals surface area contributed by atoms with Crippen molar-refractivity contribution in [3.05, 3.63) is 40.3 Å². The lowest BCUT2D eigenvalue weighted by atomic mass is 10.3. The molecule has 0 aromatic carbocycles. The number of anilines is 1. The number of aryl methyl sites for hydroxylation is 2. The lowest BCUT2D eigenvalue weighted by Gasteiger charge is -2.10. The largest absolute Gasteiger partial charge is 0.424 e. The normalized spacial score (nSPS) is 10.9. The van der Waals surface area contributed by atoms with Gasteiger partial charge in [0, 0.05) is 19.2 Å². The number of aromatic nitrogens is 2. The van der Waals surface area contributed by atoms with E-state index in [-0.39, 0.29) is 11.6 Å². The minimum absolute atomic E-state index is 0.134. The van der Waals surface area contributed by atoms with Crippen molar-refractivity contribution < 1.29 is 4.42 Å². The summed E-state index contributed by atoms with van der Waals surface area (Å²) in [5.74, 6) is 1.03. The van der Waals surface area contributed by atoms with Crippen molar-refractivity contribution in [1.82, 2.24) is 9.55 Å². The van der Waals surface area contributed by atoms with Crippen LogP contribution in [-0.2, 0) is 0 Å². The maximum atomic E-state index is 12.3. The second kappa shape index (κ2) is 4.68. The highest BCUT2D eigenvalue weighted by molar-refractivity contribution is 5.43.